The van der Waals surface area contributed by atoms with E-state index in [-0.39, 0.29) is 6.04 Å². The van der Waals surface area contributed by atoms with Gasteiger partial charge in [-0.2, -0.15) is 0 Å². The Balaban J connectivity index is 1.57. The van der Waals surface area contributed by atoms with Crippen molar-refractivity contribution < 1.29 is 4.74 Å². The molecule has 0 saturated heterocycles. The van der Waals surface area contributed by atoms with Crippen LogP contribution in [0.2, 0.25) is 0 Å². The highest BCUT2D eigenvalue weighted by Gasteiger charge is 2.11. The average Bonchev–Trinajstić information content (AvgIpc) is 3.20. The monoisotopic (exact) mass is 404 g/mol. The number of anilines is 1. The van der Waals surface area contributed by atoms with E-state index in [1.807, 2.05) is 36.7 Å². The lowest BCUT2D eigenvalue weighted by Crippen LogP contribution is -2.09. The minimum Gasteiger partial charge on any atom is -0.494 e. The number of hydrogen-bond acceptors (Lipinski definition) is 6. The fourth-order valence-corrected chi connectivity index (χ4v) is 3.92. The zero-order valence-electron chi connectivity index (χ0n) is 16.8. The van der Waals surface area contributed by atoms with Crippen LogP contribution in [0.3, 0.4) is 0 Å². The van der Waals surface area contributed by atoms with Crippen LogP contribution >= 0.6 is 11.3 Å². The second-order valence-corrected chi connectivity index (χ2v) is 7.89. The molecular weight excluding hydrogens is 380 g/mol. The molecule has 29 heavy (non-hydrogen) atoms. The summed E-state index contributed by atoms with van der Waals surface area (Å²) in [4.78, 5) is 13.6. The van der Waals surface area contributed by atoms with Crippen molar-refractivity contribution in [1.29, 1.82) is 0 Å². The smallest absolute Gasteiger partial charge is 0.130 e. The fraction of sp³-hybridized carbons (Fsp3) is 0.261. The third-order valence-electron chi connectivity index (χ3n) is 4.66. The standard InChI is InChI=1S/C23H24N4OS/c1-4-10-28-19-7-5-6-17(11-19)15(2)25-23-13-21(26-16(3)27-23)18-8-9-20-22(12-18)29-14-24-20/h5-9,11-15H,4,10H2,1-3H3,(H,25,26,27). The maximum atomic E-state index is 5.76. The van der Waals surface area contributed by atoms with Gasteiger partial charge in [-0.1, -0.05) is 25.1 Å². The highest BCUT2D eigenvalue weighted by atomic mass is 32.1. The molecule has 0 radical (unpaired) electrons. The van der Waals surface area contributed by atoms with Gasteiger partial charge in [0.15, 0.2) is 0 Å². The molecule has 2 aromatic heterocycles. The van der Waals surface area contributed by atoms with Gasteiger partial charge in [0.25, 0.3) is 0 Å². The normalized spacial score (nSPS) is 12.1. The summed E-state index contributed by atoms with van der Waals surface area (Å²) in [5.41, 5.74) is 6.01. The molecule has 2 aromatic carbocycles. The molecule has 0 fully saturated rings. The Morgan fingerprint density at radius 2 is 2.00 bits per heavy atom. The van der Waals surface area contributed by atoms with E-state index in [1.165, 1.54) is 0 Å². The van der Waals surface area contributed by atoms with Crippen molar-refractivity contribution in [1.82, 2.24) is 15.0 Å². The van der Waals surface area contributed by atoms with Gasteiger partial charge in [-0.05, 0) is 50.1 Å². The van der Waals surface area contributed by atoms with Gasteiger partial charge >= 0.3 is 0 Å². The van der Waals surface area contributed by atoms with Crippen molar-refractivity contribution in [2.24, 2.45) is 0 Å². The first-order valence-electron chi connectivity index (χ1n) is 9.81. The van der Waals surface area contributed by atoms with Crippen molar-refractivity contribution in [3.05, 3.63) is 65.4 Å². The first-order chi connectivity index (χ1) is 14.1. The van der Waals surface area contributed by atoms with Crippen LogP contribution in [0.5, 0.6) is 5.75 Å². The second-order valence-electron chi connectivity index (χ2n) is 7.01. The summed E-state index contributed by atoms with van der Waals surface area (Å²) in [6, 6.07) is 16.5. The van der Waals surface area contributed by atoms with Crippen LogP contribution in [0, 0.1) is 6.92 Å². The number of thiazole rings is 1. The van der Waals surface area contributed by atoms with Crippen LogP contribution in [0.1, 0.15) is 37.7 Å². The van der Waals surface area contributed by atoms with Crippen molar-refractivity contribution in [3.8, 4) is 17.0 Å². The molecule has 0 spiro atoms. The molecule has 0 aliphatic rings. The lowest BCUT2D eigenvalue weighted by molar-refractivity contribution is 0.317. The maximum absolute atomic E-state index is 5.76. The summed E-state index contributed by atoms with van der Waals surface area (Å²) in [6.07, 6.45) is 0.994. The molecule has 0 aliphatic heterocycles. The summed E-state index contributed by atoms with van der Waals surface area (Å²) in [6.45, 7) is 6.88. The van der Waals surface area contributed by atoms with Gasteiger partial charge in [0.05, 0.1) is 34.1 Å². The Hall–Kier alpha value is -2.99. The molecule has 0 aliphatic carbocycles. The molecule has 0 saturated carbocycles. The Morgan fingerprint density at radius 1 is 1.10 bits per heavy atom. The quantitative estimate of drug-likeness (QED) is 0.408. The van der Waals surface area contributed by atoms with E-state index < -0.39 is 0 Å². The van der Waals surface area contributed by atoms with Crippen LogP contribution in [0.4, 0.5) is 5.82 Å². The number of benzene rings is 2. The van der Waals surface area contributed by atoms with E-state index >= 15 is 0 Å². The highest BCUT2D eigenvalue weighted by molar-refractivity contribution is 7.16. The van der Waals surface area contributed by atoms with Crippen LogP contribution < -0.4 is 10.1 Å². The topological polar surface area (TPSA) is 59.9 Å². The van der Waals surface area contributed by atoms with Gasteiger partial charge in [-0.3, -0.25) is 0 Å². The predicted molar refractivity (Wildman–Crippen MR) is 120 cm³/mol. The van der Waals surface area contributed by atoms with Gasteiger partial charge < -0.3 is 10.1 Å². The Morgan fingerprint density at radius 3 is 2.86 bits per heavy atom. The van der Waals surface area contributed by atoms with E-state index in [2.05, 4.69) is 58.4 Å². The Bertz CT molecular complexity index is 1120. The first-order valence-corrected chi connectivity index (χ1v) is 10.7. The van der Waals surface area contributed by atoms with Gasteiger partial charge in [0.2, 0.25) is 0 Å². The summed E-state index contributed by atoms with van der Waals surface area (Å²) < 4.78 is 6.92. The number of aromatic nitrogens is 3. The molecule has 0 amide bonds. The van der Waals surface area contributed by atoms with Crippen molar-refractivity contribution in [2.75, 3.05) is 11.9 Å². The van der Waals surface area contributed by atoms with Crippen molar-refractivity contribution in [2.45, 2.75) is 33.2 Å². The molecule has 5 nitrogen and oxygen atoms in total. The van der Waals surface area contributed by atoms with Crippen LogP contribution in [0.15, 0.2) is 54.0 Å². The summed E-state index contributed by atoms with van der Waals surface area (Å²) in [5, 5.41) is 3.51. The minimum absolute atomic E-state index is 0.0892. The van der Waals surface area contributed by atoms with Gasteiger partial charge in [-0.25, -0.2) is 15.0 Å². The molecule has 1 N–H and O–H groups in total. The molecule has 148 valence electrons. The number of rotatable bonds is 7. The molecular formula is C23H24N4OS. The molecule has 1 unspecified atom stereocenters. The van der Waals surface area contributed by atoms with Gasteiger partial charge in [-0.15, -0.1) is 11.3 Å². The maximum Gasteiger partial charge on any atom is 0.130 e. The van der Waals surface area contributed by atoms with Gasteiger partial charge in [0, 0.05) is 11.6 Å². The third-order valence-corrected chi connectivity index (χ3v) is 5.45. The second kappa shape index (κ2) is 8.57. The predicted octanol–water partition coefficient (Wildman–Crippen LogP) is 6.02. The molecule has 4 aromatic rings. The molecule has 0 bridgehead atoms. The number of nitrogens with zero attached hydrogens (tertiary/aromatic N) is 3. The van der Waals surface area contributed by atoms with E-state index in [4.69, 9.17) is 4.74 Å². The van der Waals surface area contributed by atoms with E-state index in [0.29, 0.717) is 0 Å². The van der Waals surface area contributed by atoms with Gasteiger partial charge in [0.1, 0.15) is 17.4 Å². The zero-order valence-corrected chi connectivity index (χ0v) is 17.7. The van der Waals surface area contributed by atoms with Crippen LogP contribution in [-0.4, -0.2) is 21.6 Å². The summed E-state index contributed by atoms with van der Waals surface area (Å²) in [7, 11) is 0. The van der Waals surface area contributed by atoms with Crippen molar-refractivity contribution >= 4 is 27.4 Å². The van der Waals surface area contributed by atoms with E-state index in [0.717, 1.165) is 57.5 Å². The number of aryl methyl sites for hydroxylation is 1. The molecule has 2 heterocycles. The number of nitrogens with one attached hydrogen (secondary N) is 1. The third kappa shape index (κ3) is 4.54. The molecule has 4 rings (SSSR count). The van der Waals surface area contributed by atoms with Crippen molar-refractivity contribution in [3.63, 3.8) is 0 Å². The highest BCUT2D eigenvalue weighted by Crippen LogP contribution is 2.28. The Kier molecular flexibility index (Phi) is 5.71. The Labute approximate surface area is 174 Å². The van der Waals surface area contributed by atoms with E-state index in [9.17, 15) is 0 Å². The largest absolute Gasteiger partial charge is 0.494 e. The fourth-order valence-electron chi connectivity index (χ4n) is 3.20. The SMILES string of the molecule is CCCOc1cccc(C(C)Nc2cc(-c3ccc4ncsc4c3)nc(C)n2)c1. The zero-order chi connectivity index (χ0) is 20.2. The lowest BCUT2D eigenvalue weighted by Gasteiger charge is -2.17. The number of hydrogen-bond donors (Lipinski definition) is 1. The number of ether oxygens (including phenoxy) is 1. The summed E-state index contributed by atoms with van der Waals surface area (Å²) in [5.74, 6) is 2.45. The van der Waals surface area contributed by atoms with Crippen LogP contribution in [0.25, 0.3) is 21.5 Å². The molecule has 1 atom stereocenters. The average molecular weight is 405 g/mol. The number of fused-ring (bicyclic) bond motifs is 1. The minimum atomic E-state index is 0.0892. The summed E-state index contributed by atoms with van der Waals surface area (Å²) >= 11 is 1.64. The van der Waals surface area contributed by atoms with E-state index in [1.54, 1.807) is 11.3 Å². The van der Waals surface area contributed by atoms with Crippen LogP contribution in [-0.2, 0) is 0 Å². The first kappa shape index (κ1) is 19.3. The lowest BCUT2D eigenvalue weighted by atomic mass is 10.1. The molecule has 6 heteroatoms.